The molecule has 1 aromatic heterocycles. The van der Waals surface area contributed by atoms with E-state index in [1.54, 1.807) is 13.1 Å². The molecule has 84 valence electrons. The van der Waals surface area contributed by atoms with Gasteiger partial charge in [-0.05, 0) is 41.4 Å². The van der Waals surface area contributed by atoms with E-state index in [0.29, 0.717) is 5.82 Å². The van der Waals surface area contributed by atoms with Gasteiger partial charge < -0.3 is 5.32 Å². The molecule has 2 nitrogen and oxygen atoms in total. The predicted molar refractivity (Wildman–Crippen MR) is 60.4 cm³/mol. The van der Waals surface area contributed by atoms with Crippen molar-refractivity contribution in [2.24, 2.45) is 0 Å². The summed E-state index contributed by atoms with van der Waals surface area (Å²) in [6.45, 7) is 3.60. The van der Waals surface area contributed by atoms with Crippen molar-refractivity contribution in [3.63, 3.8) is 0 Å². The van der Waals surface area contributed by atoms with E-state index >= 15 is 0 Å². The Hall–Kier alpha value is -0.710. The lowest BCUT2D eigenvalue weighted by Crippen LogP contribution is -2.19. The standard InChI is InChI=1S/C10H13BrF2N2/c1-6-3-8(11)5-14-10(6)15-7(2)4-9(12)13/h3,5,7,9H,4H2,1-2H3,(H,14,15). The van der Waals surface area contributed by atoms with Crippen molar-refractivity contribution in [2.45, 2.75) is 32.7 Å². The number of aromatic nitrogens is 1. The lowest BCUT2D eigenvalue weighted by atomic mass is 10.2. The molecule has 0 spiro atoms. The Bertz CT molecular complexity index is 331. The average molecular weight is 279 g/mol. The van der Waals surface area contributed by atoms with Gasteiger partial charge in [-0.15, -0.1) is 0 Å². The third kappa shape index (κ3) is 4.11. The van der Waals surface area contributed by atoms with Crippen LogP contribution in [0.1, 0.15) is 18.9 Å². The number of nitrogens with zero attached hydrogens (tertiary/aromatic N) is 1. The highest BCUT2D eigenvalue weighted by molar-refractivity contribution is 9.10. The van der Waals surface area contributed by atoms with E-state index in [4.69, 9.17) is 0 Å². The van der Waals surface area contributed by atoms with Crippen LogP contribution in [-0.2, 0) is 0 Å². The summed E-state index contributed by atoms with van der Waals surface area (Å²) >= 11 is 3.29. The van der Waals surface area contributed by atoms with Gasteiger partial charge in [0, 0.05) is 23.1 Å². The zero-order valence-corrected chi connectivity index (χ0v) is 10.2. The van der Waals surface area contributed by atoms with E-state index < -0.39 is 6.43 Å². The van der Waals surface area contributed by atoms with Crippen molar-refractivity contribution in [1.29, 1.82) is 0 Å². The van der Waals surface area contributed by atoms with E-state index in [-0.39, 0.29) is 12.5 Å². The number of rotatable bonds is 4. The second-order valence-corrected chi connectivity index (χ2v) is 4.41. The lowest BCUT2D eigenvalue weighted by Gasteiger charge is -2.15. The van der Waals surface area contributed by atoms with Crippen LogP contribution in [0.25, 0.3) is 0 Å². The maximum atomic E-state index is 12.1. The molecule has 0 saturated heterocycles. The Labute approximate surface area is 96.2 Å². The molecule has 0 aliphatic carbocycles. The summed E-state index contributed by atoms with van der Waals surface area (Å²) in [5.74, 6) is 0.659. The van der Waals surface area contributed by atoms with Crippen LogP contribution in [-0.4, -0.2) is 17.5 Å². The Morgan fingerprint density at radius 1 is 1.53 bits per heavy atom. The second kappa shape index (κ2) is 5.39. The maximum absolute atomic E-state index is 12.1. The van der Waals surface area contributed by atoms with Gasteiger partial charge in [0.15, 0.2) is 0 Å². The van der Waals surface area contributed by atoms with Crippen LogP contribution in [0.4, 0.5) is 14.6 Å². The van der Waals surface area contributed by atoms with E-state index in [1.165, 1.54) is 0 Å². The minimum absolute atomic E-state index is 0.169. The third-order valence-corrected chi connectivity index (χ3v) is 2.39. The SMILES string of the molecule is Cc1cc(Br)cnc1NC(C)CC(F)F. The van der Waals surface area contributed by atoms with Crippen molar-refractivity contribution >= 4 is 21.7 Å². The van der Waals surface area contributed by atoms with Crippen molar-refractivity contribution in [3.8, 4) is 0 Å². The molecular weight excluding hydrogens is 266 g/mol. The van der Waals surface area contributed by atoms with E-state index in [0.717, 1.165) is 10.0 Å². The molecule has 0 amide bonds. The van der Waals surface area contributed by atoms with Crippen molar-refractivity contribution in [3.05, 3.63) is 22.3 Å². The number of hydrogen-bond donors (Lipinski definition) is 1. The topological polar surface area (TPSA) is 24.9 Å². The van der Waals surface area contributed by atoms with Gasteiger partial charge in [0.25, 0.3) is 0 Å². The molecule has 0 radical (unpaired) electrons. The first-order valence-electron chi connectivity index (χ1n) is 4.66. The minimum Gasteiger partial charge on any atom is -0.367 e. The molecule has 1 N–H and O–H groups in total. The van der Waals surface area contributed by atoms with Crippen LogP contribution in [0.5, 0.6) is 0 Å². The van der Waals surface area contributed by atoms with Gasteiger partial charge in [0.05, 0.1) is 0 Å². The number of hydrogen-bond acceptors (Lipinski definition) is 2. The second-order valence-electron chi connectivity index (χ2n) is 3.49. The fourth-order valence-corrected chi connectivity index (χ4v) is 1.70. The summed E-state index contributed by atoms with van der Waals surface area (Å²) in [4.78, 5) is 4.12. The fraction of sp³-hybridized carbons (Fsp3) is 0.500. The molecule has 1 unspecified atom stereocenters. The van der Waals surface area contributed by atoms with Gasteiger partial charge in [0.2, 0.25) is 6.43 Å². The monoisotopic (exact) mass is 278 g/mol. The highest BCUT2D eigenvalue weighted by Crippen LogP contribution is 2.18. The highest BCUT2D eigenvalue weighted by Gasteiger charge is 2.11. The van der Waals surface area contributed by atoms with E-state index in [1.807, 2.05) is 13.0 Å². The van der Waals surface area contributed by atoms with Crippen LogP contribution in [0, 0.1) is 6.92 Å². The molecule has 0 saturated carbocycles. The normalized spacial score (nSPS) is 12.9. The van der Waals surface area contributed by atoms with Crippen molar-refractivity contribution in [1.82, 2.24) is 4.98 Å². The Kier molecular flexibility index (Phi) is 4.45. The zero-order chi connectivity index (χ0) is 11.4. The largest absolute Gasteiger partial charge is 0.367 e. The van der Waals surface area contributed by atoms with Crippen molar-refractivity contribution in [2.75, 3.05) is 5.32 Å². The van der Waals surface area contributed by atoms with Crippen LogP contribution < -0.4 is 5.32 Å². The Morgan fingerprint density at radius 2 is 2.20 bits per heavy atom. The predicted octanol–water partition coefficient (Wildman–Crippen LogP) is 3.61. The number of aryl methyl sites for hydroxylation is 1. The van der Waals surface area contributed by atoms with Crippen LogP contribution >= 0.6 is 15.9 Å². The highest BCUT2D eigenvalue weighted by atomic mass is 79.9. The lowest BCUT2D eigenvalue weighted by molar-refractivity contribution is 0.133. The zero-order valence-electron chi connectivity index (χ0n) is 8.60. The fourth-order valence-electron chi connectivity index (χ4n) is 1.25. The summed E-state index contributed by atoms with van der Waals surface area (Å²) in [5, 5.41) is 2.96. The van der Waals surface area contributed by atoms with Gasteiger partial charge in [0.1, 0.15) is 5.82 Å². The number of anilines is 1. The van der Waals surface area contributed by atoms with Gasteiger partial charge in [-0.2, -0.15) is 0 Å². The first kappa shape index (κ1) is 12.4. The quantitative estimate of drug-likeness (QED) is 0.910. The third-order valence-electron chi connectivity index (χ3n) is 1.96. The van der Waals surface area contributed by atoms with E-state index in [2.05, 4.69) is 26.2 Å². The molecule has 1 heterocycles. The molecule has 0 aliphatic rings. The van der Waals surface area contributed by atoms with Crippen LogP contribution in [0.15, 0.2) is 16.7 Å². The molecule has 1 rings (SSSR count). The van der Waals surface area contributed by atoms with Crippen molar-refractivity contribution < 1.29 is 8.78 Å². The minimum atomic E-state index is -2.29. The van der Waals surface area contributed by atoms with Crippen LogP contribution in [0.3, 0.4) is 0 Å². The molecular formula is C10H13BrF2N2. The number of pyridine rings is 1. The van der Waals surface area contributed by atoms with Gasteiger partial charge >= 0.3 is 0 Å². The smallest absolute Gasteiger partial charge is 0.240 e. The van der Waals surface area contributed by atoms with E-state index in [9.17, 15) is 8.78 Å². The first-order chi connectivity index (χ1) is 6.99. The Morgan fingerprint density at radius 3 is 2.73 bits per heavy atom. The number of nitrogens with one attached hydrogen (secondary N) is 1. The molecule has 1 aromatic rings. The van der Waals surface area contributed by atoms with Gasteiger partial charge in [-0.25, -0.2) is 13.8 Å². The summed E-state index contributed by atoms with van der Waals surface area (Å²) in [7, 11) is 0. The average Bonchev–Trinajstić information content (AvgIpc) is 2.08. The number of halogens is 3. The summed E-state index contributed by atoms with van der Waals surface area (Å²) in [6.07, 6.45) is -0.815. The summed E-state index contributed by atoms with van der Waals surface area (Å²) in [5.41, 5.74) is 0.936. The summed E-state index contributed by atoms with van der Waals surface area (Å²) < 4.78 is 25.1. The Balaban J connectivity index is 2.64. The van der Waals surface area contributed by atoms with Crippen LogP contribution in [0.2, 0.25) is 0 Å². The maximum Gasteiger partial charge on any atom is 0.240 e. The molecule has 0 aromatic carbocycles. The molecule has 15 heavy (non-hydrogen) atoms. The molecule has 5 heteroatoms. The van der Waals surface area contributed by atoms with Gasteiger partial charge in [-0.1, -0.05) is 0 Å². The first-order valence-corrected chi connectivity index (χ1v) is 5.45. The van der Waals surface area contributed by atoms with Gasteiger partial charge in [-0.3, -0.25) is 0 Å². The summed E-state index contributed by atoms with van der Waals surface area (Å²) in [6, 6.07) is 1.61. The molecule has 1 atom stereocenters. The number of alkyl halides is 2. The molecule has 0 bridgehead atoms. The molecule has 0 aliphatic heterocycles. The molecule has 0 fully saturated rings.